The van der Waals surface area contributed by atoms with E-state index in [9.17, 15) is 19.2 Å². The Bertz CT molecular complexity index is 1520. The molecule has 4 amide bonds. The van der Waals surface area contributed by atoms with E-state index in [1.807, 2.05) is 12.1 Å². The highest BCUT2D eigenvalue weighted by Gasteiger charge is 2.27. The van der Waals surface area contributed by atoms with E-state index < -0.39 is 11.8 Å². The summed E-state index contributed by atoms with van der Waals surface area (Å²) in [5.74, 6) is -0.758. The van der Waals surface area contributed by atoms with Crippen LogP contribution in [0.1, 0.15) is 81.0 Å². The molecule has 14 heteroatoms. The molecule has 4 heterocycles. The lowest BCUT2D eigenvalue weighted by Crippen LogP contribution is -2.19. The molecule has 1 fully saturated rings. The van der Waals surface area contributed by atoms with E-state index in [4.69, 9.17) is 11.5 Å². The predicted molar refractivity (Wildman–Crippen MR) is 158 cm³/mol. The number of carbonyl (C=O) groups excluding carboxylic acids is 4. The Labute approximate surface area is 252 Å². The second-order valence-corrected chi connectivity index (χ2v) is 10.5. The van der Waals surface area contributed by atoms with Crippen LogP contribution in [0.2, 0.25) is 0 Å². The molecule has 1 aliphatic rings. The van der Waals surface area contributed by atoms with E-state index in [2.05, 4.69) is 41.0 Å². The second-order valence-electron chi connectivity index (χ2n) is 10.5. The van der Waals surface area contributed by atoms with Gasteiger partial charge in [0.2, 0.25) is 23.6 Å². The van der Waals surface area contributed by atoms with Crippen molar-refractivity contribution in [1.82, 2.24) is 30.4 Å². The van der Waals surface area contributed by atoms with Gasteiger partial charge in [-0.2, -0.15) is 10.2 Å². The monoisotopic (exact) mass is 594 g/mol. The molecular formula is C30H30N10O4. The third kappa shape index (κ3) is 7.79. The second kappa shape index (κ2) is 13.5. The van der Waals surface area contributed by atoms with Crippen LogP contribution in [0, 0.1) is 0 Å². The minimum atomic E-state index is -0.581. The molecule has 0 saturated heterocycles. The molecule has 0 aromatic carbocycles. The van der Waals surface area contributed by atoms with Gasteiger partial charge in [0.15, 0.2) is 11.6 Å². The SMILES string of the molecule is NC(=O)c1ccc(CC(=O)Nc2ccc([C@H]3CCC[C@H](c4ccc(NC(=O)Cc5ccc(C(N)=O)cn5)nn4)C3)nn2)nc1. The quantitative estimate of drug-likeness (QED) is 0.209. The lowest BCUT2D eigenvalue weighted by atomic mass is 9.78. The highest BCUT2D eigenvalue weighted by molar-refractivity contribution is 5.94. The molecule has 0 unspecified atom stereocenters. The number of hydrogen-bond donors (Lipinski definition) is 4. The van der Waals surface area contributed by atoms with Gasteiger partial charge >= 0.3 is 0 Å². The average Bonchev–Trinajstić information content (AvgIpc) is 3.02. The van der Waals surface area contributed by atoms with Crippen LogP contribution in [0.3, 0.4) is 0 Å². The molecule has 5 rings (SSSR count). The fraction of sp³-hybridized carbons (Fsp3) is 0.267. The molecule has 0 spiro atoms. The molecule has 224 valence electrons. The first kappa shape index (κ1) is 29.8. The number of primary amides is 2. The number of pyridine rings is 2. The summed E-state index contributed by atoms with van der Waals surface area (Å²) >= 11 is 0. The Balaban J connectivity index is 1.12. The number of rotatable bonds is 10. The van der Waals surface area contributed by atoms with Crippen molar-refractivity contribution >= 4 is 35.3 Å². The number of anilines is 2. The van der Waals surface area contributed by atoms with Gasteiger partial charge in [-0.05, 0) is 67.8 Å². The van der Waals surface area contributed by atoms with Gasteiger partial charge in [-0.15, -0.1) is 10.2 Å². The van der Waals surface area contributed by atoms with Crippen LogP contribution in [-0.4, -0.2) is 54.0 Å². The van der Waals surface area contributed by atoms with Crippen molar-refractivity contribution in [3.8, 4) is 0 Å². The lowest BCUT2D eigenvalue weighted by Gasteiger charge is -2.28. The van der Waals surface area contributed by atoms with E-state index >= 15 is 0 Å². The van der Waals surface area contributed by atoms with Gasteiger partial charge in [0.05, 0.1) is 35.4 Å². The van der Waals surface area contributed by atoms with E-state index in [0.717, 1.165) is 37.1 Å². The first-order valence-corrected chi connectivity index (χ1v) is 14.0. The summed E-state index contributed by atoms with van der Waals surface area (Å²) in [6.07, 6.45) is 6.42. The van der Waals surface area contributed by atoms with Crippen molar-refractivity contribution in [3.63, 3.8) is 0 Å². The van der Waals surface area contributed by atoms with Crippen molar-refractivity contribution in [2.24, 2.45) is 11.5 Å². The van der Waals surface area contributed by atoms with Crippen LogP contribution in [0.15, 0.2) is 60.9 Å². The van der Waals surface area contributed by atoms with Gasteiger partial charge in [0.1, 0.15) is 0 Å². The third-order valence-electron chi connectivity index (χ3n) is 7.32. The van der Waals surface area contributed by atoms with Crippen molar-refractivity contribution < 1.29 is 19.2 Å². The van der Waals surface area contributed by atoms with Crippen molar-refractivity contribution in [2.75, 3.05) is 10.6 Å². The van der Waals surface area contributed by atoms with Gasteiger partial charge in [-0.25, -0.2) is 0 Å². The maximum atomic E-state index is 12.4. The predicted octanol–water partition coefficient (Wildman–Crippen LogP) is 2.06. The molecule has 0 radical (unpaired) electrons. The van der Waals surface area contributed by atoms with Crippen LogP contribution in [-0.2, 0) is 22.4 Å². The normalized spacial score (nSPS) is 16.1. The number of nitrogens with two attached hydrogens (primary N) is 2. The molecule has 1 aliphatic carbocycles. The summed E-state index contributed by atoms with van der Waals surface area (Å²) in [7, 11) is 0. The molecule has 0 aliphatic heterocycles. The van der Waals surface area contributed by atoms with E-state index in [-0.39, 0.29) is 47.6 Å². The van der Waals surface area contributed by atoms with E-state index in [0.29, 0.717) is 23.0 Å². The van der Waals surface area contributed by atoms with Crippen molar-refractivity contribution in [2.45, 2.75) is 50.4 Å². The number of aromatic nitrogens is 6. The fourth-order valence-electron chi connectivity index (χ4n) is 5.03. The van der Waals surface area contributed by atoms with Crippen molar-refractivity contribution in [3.05, 3.63) is 94.8 Å². The van der Waals surface area contributed by atoms with Gasteiger partial charge in [-0.1, -0.05) is 6.42 Å². The van der Waals surface area contributed by atoms with Crippen LogP contribution in [0.4, 0.5) is 11.6 Å². The van der Waals surface area contributed by atoms with E-state index in [1.54, 1.807) is 24.3 Å². The van der Waals surface area contributed by atoms with Crippen LogP contribution in [0.25, 0.3) is 0 Å². The average molecular weight is 595 g/mol. The summed E-state index contributed by atoms with van der Waals surface area (Å²) in [4.78, 5) is 55.4. The Kier molecular flexibility index (Phi) is 9.18. The summed E-state index contributed by atoms with van der Waals surface area (Å²) in [6, 6.07) is 13.4. The topological polar surface area (TPSA) is 222 Å². The zero-order chi connectivity index (χ0) is 31.1. The van der Waals surface area contributed by atoms with Crippen LogP contribution >= 0.6 is 0 Å². The minimum Gasteiger partial charge on any atom is -0.366 e. The summed E-state index contributed by atoms with van der Waals surface area (Å²) < 4.78 is 0. The molecule has 6 N–H and O–H groups in total. The van der Waals surface area contributed by atoms with Gasteiger partial charge in [-0.3, -0.25) is 29.1 Å². The van der Waals surface area contributed by atoms with Crippen LogP contribution in [0.5, 0.6) is 0 Å². The Morgan fingerprint density at radius 1 is 0.636 bits per heavy atom. The molecule has 4 aromatic rings. The van der Waals surface area contributed by atoms with Crippen LogP contribution < -0.4 is 22.1 Å². The molecule has 44 heavy (non-hydrogen) atoms. The molecule has 1 saturated carbocycles. The van der Waals surface area contributed by atoms with Gasteiger partial charge in [0.25, 0.3) is 0 Å². The minimum absolute atomic E-state index is 0.0136. The Hall–Kier alpha value is -5.66. The molecular weight excluding hydrogens is 564 g/mol. The van der Waals surface area contributed by atoms with E-state index in [1.165, 1.54) is 24.5 Å². The summed E-state index contributed by atoms with van der Waals surface area (Å²) in [5.41, 5.74) is 13.6. The number of amides is 4. The standard InChI is InChI=1S/C30H30N10O4/c31-29(43)19-4-6-21(33-15-19)13-27(41)35-25-10-8-23(37-39-25)17-2-1-3-18(12-17)24-9-11-26(40-38-24)36-28(42)14-22-7-5-20(16-34-22)30(32)44/h4-11,15-18H,1-3,12-14H2,(H2,31,43)(H2,32,44)(H,35,39,41)(H,36,40,42)/t17-,18-/m0/s1. The summed E-state index contributed by atoms with van der Waals surface area (Å²) in [6.45, 7) is 0. The zero-order valence-electron chi connectivity index (χ0n) is 23.6. The van der Waals surface area contributed by atoms with Gasteiger partial charge < -0.3 is 22.1 Å². The number of nitrogens with one attached hydrogen (secondary N) is 2. The third-order valence-corrected chi connectivity index (χ3v) is 7.32. The number of hydrogen-bond acceptors (Lipinski definition) is 10. The smallest absolute Gasteiger partial charge is 0.250 e. The fourth-order valence-corrected chi connectivity index (χ4v) is 5.03. The molecule has 0 bridgehead atoms. The Morgan fingerprint density at radius 2 is 1.09 bits per heavy atom. The molecule has 14 nitrogen and oxygen atoms in total. The number of nitrogens with zero attached hydrogens (tertiary/aromatic N) is 6. The highest BCUT2D eigenvalue weighted by atomic mass is 16.2. The largest absolute Gasteiger partial charge is 0.366 e. The highest BCUT2D eigenvalue weighted by Crippen LogP contribution is 2.40. The van der Waals surface area contributed by atoms with Crippen molar-refractivity contribution in [1.29, 1.82) is 0 Å². The first-order chi connectivity index (χ1) is 21.2. The first-order valence-electron chi connectivity index (χ1n) is 14.0. The molecule has 2 atom stereocenters. The Morgan fingerprint density at radius 3 is 1.43 bits per heavy atom. The molecule has 4 aromatic heterocycles. The van der Waals surface area contributed by atoms with Gasteiger partial charge in [0, 0.05) is 35.6 Å². The maximum Gasteiger partial charge on any atom is 0.250 e. The summed E-state index contributed by atoms with van der Waals surface area (Å²) in [5, 5.41) is 22.6. The maximum absolute atomic E-state index is 12.4. The zero-order valence-corrected chi connectivity index (χ0v) is 23.6. The lowest BCUT2D eigenvalue weighted by molar-refractivity contribution is -0.116. The number of carbonyl (C=O) groups is 4.